The number of anilines is 1. The van der Waals surface area contributed by atoms with E-state index in [-0.39, 0.29) is 11.3 Å². The first kappa shape index (κ1) is 16.2. The first-order chi connectivity index (χ1) is 11.5. The molecule has 1 amide bonds. The number of hydrogen-bond acceptors (Lipinski definition) is 3. The molecular weight excluding hydrogens is 331 g/mol. The fourth-order valence-corrected chi connectivity index (χ4v) is 2.62. The number of nitrogens with one attached hydrogen (secondary N) is 1. The van der Waals surface area contributed by atoms with Gasteiger partial charge in [-0.25, -0.2) is 4.39 Å². The van der Waals surface area contributed by atoms with E-state index in [1.165, 1.54) is 6.07 Å². The summed E-state index contributed by atoms with van der Waals surface area (Å²) in [5.41, 5.74) is 2.06. The van der Waals surface area contributed by atoms with Crippen molar-refractivity contribution in [3.8, 4) is 11.3 Å². The average Bonchev–Trinajstić information content (AvgIpc) is 2.93. The SMILES string of the molecule is Cc1ccc(F)c(NC(=O)c2c(-c3ccccc3Cl)noc2C)c1. The van der Waals surface area contributed by atoms with Crippen molar-refractivity contribution < 1.29 is 13.7 Å². The van der Waals surface area contributed by atoms with Crippen LogP contribution in [-0.4, -0.2) is 11.1 Å². The van der Waals surface area contributed by atoms with Gasteiger partial charge >= 0.3 is 0 Å². The lowest BCUT2D eigenvalue weighted by atomic mass is 10.1. The molecule has 0 saturated carbocycles. The Morgan fingerprint density at radius 1 is 1.21 bits per heavy atom. The number of rotatable bonds is 3. The third kappa shape index (κ3) is 3.03. The summed E-state index contributed by atoms with van der Waals surface area (Å²) in [6.45, 7) is 3.43. The van der Waals surface area contributed by atoms with Crippen molar-refractivity contribution in [1.82, 2.24) is 5.16 Å². The predicted octanol–water partition coefficient (Wildman–Crippen LogP) is 5.00. The Kier molecular flexibility index (Phi) is 4.36. The molecule has 1 aromatic heterocycles. The van der Waals surface area contributed by atoms with Crippen molar-refractivity contribution in [2.45, 2.75) is 13.8 Å². The summed E-state index contributed by atoms with van der Waals surface area (Å²) in [6, 6.07) is 11.5. The number of aromatic nitrogens is 1. The maximum Gasteiger partial charge on any atom is 0.261 e. The van der Waals surface area contributed by atoms with Gasteiger partial charge in [0, 0.05) is 5.56 Å². The van der Waals surface area contributed by atoms with E-state index in [1.807, 2.05) is 6.92 Å². The highest BCUT2D eigenvalue weighted by Gasteiger charge is 2.23. The second kappa shape index (κ2) is 6.45. The van der Waals surface area contributed by atoms with E-state index in [4.69, 9.17) is 16.1 Å². The van der Waals surface area contributed by atoms with Crippen molar-refractivity contribution in [3.63, 3.8) is 0 Å². The van der Waals surface area contributed by atoms with Gasteiger partial charge in [-0.2, -0.15) is 0 Å². The largest absolute Gasteiger partial charge is 0.360 e. The van der Waals surface area contributed by atoms with Crippen LogP contribution in [0.15, 0.2) is 47.0 Å². The van der Waals surface area contributed by atoms with E-state index in [1.54, 1.807) is 43.3 Å². The molecule has 0 atom stereocenters. The summed E-state index contributed by atoms with van der Waals surface area (Å²) in [5, 5.41) is 6.95. The maximum absolute atomic E-state index is 13.9. The average molecular weight is 345 g/mol. The molecule has 0 aliphatic heterocycles. The van der Waals surface area contributed by atoms with Crippen LogP contribution in [0.4, 0.5) is 10.1 Å². The first-order valence-corrected chi connectivity index (χ1v) is 7.64. The third-order valence-corrected chi connectivity index (χ3v) is 3.92. The van der Waals surface area contributed by atoms with Crippen LogP contribution in [-0.2, 0) is 0 Å². The molecule has 0 fully saturated rings. The van der Waals surface area contributed by atoms with Crippen molar-refractivity contribution in [2.24, 2.45) is 0 Å². The maximum atomic E-state index is 13.9. The summed E-state index contributed by atoms with van der Waals surface area (Å²) in [6.07, 6.45) is 0. The van der Waals surface area contributed by atoms with Crippen LogP contribution in [0.5, 0.6) is 0 Å². The van der Waals surface area contributed by atoms with Gasteiger partial charge in [-0.15, -0.1) is 0 Å². The number of halogens is 2. The molecule has 0 unspecified atom stereocenters. The third-order valence-electron chi connectivity index (χ3n) is 3.59. The van der Waals surface area contributed by atoms with Gasteiger partial charge in [0.05, 0.1) is 10.7 Å². The zero-order chi connectivity index (χ0) is 17.3. The molecular formula is C18H14ClFN2O2. The summed E-state index contributed by atoms with van der Waals surface area (Å²) in [4.78, 5) is 12.6. The van der Waals surface area contributed by atoms with E-state index in [0.29, 0.717) is 22.0 Å². The van der Waals surface area contributed by atoms with E-state index in [0.717, 1.165) is 5.56 Å². The Morgan fingerprint density at radius 2 is 1.96 bits per heavy atom. The van der Waals surface area contributed by atoms with Gasteiger partial charge < -0.3 is 9.84 Å². The monoisotopic (exact) mass is 344 g/mol. The van der Waals surface area contributed by atoms with Crippen LogP contribution in [0.2, 0.25) is 5.02 Å². The lowest BCUT2D eigenvalue weighted by Crippen LogP contribution is -2.14. The van der Waals surface area contributed by atoms with E-state index in [2.05, 4.69) is 10.5 Å². The Hall–Kier alpha value is -2.66. The summed E-state index contributed by atoms with van der Waals surface area (Å²) in [7, 11) is 0. The first-order valence-electron chi connectivity index (χ1n) is 7.26. The molecule has 3 aromatic rings. The minimum Gasteiger partial charge on any atom is -0.360 e. The van der Waals surface area contributed by atoms with Gasteiger partial charge in [0.15, 0.2) is 0 Å². The second-order valence-corrected chi connectivity index (χ2v) is 5.79. The molecule has 0 bridgehead atoms. The van der Waals surface area contributed by atoms with Crippen molar-refractivity contribution >= 4 is 23.2 Å². The molecule has 1 N–H and O–H groups in total. The minimum absolute atomic E-state index is 0.103. The van der Waals surface area contributed by atoms with E-state index in [9.17, 15) is 9.18 Å². The fraction of sp³-hybridized carbons (Fsp3) is 0.111. The van der Waals surface area contributed by atoms with Crippen LogP contribution >= 0.6 is 11.6 Å². The molecule has 0 aliphatic carbocycles. The number of amides is 1. The Balaban J connectivity index is 2.01. The topological polar surface area (TPSA) is 55.1 Å². The fourth-order valence-electron chi connectivity index (χ4n) is 2.40. The second-order valence-electron chi connectivity index (χ2n) is 5.38. The summed E-state index contributed by atoms with van der Waals surface area (Å²) in [5.74, 6) is -0.689. The molecule has 0 spiro atoms. The Bertz CT molecular complexity index is 921. The normalized spacial score (nSPS) is 10.7. The van der Waals surface area contributed by atoms with Gasteiger partial charge in [0.1, 0.15) is 22.8 Å². The molecule has 0 radical (unpaired) electrons. The van der Waals surface area contributed by atoms with E-state index < -0.39 is 11.7 Å². The molecule has 1 heterocycles. The zero-order valence-electron chi connectivity index (χ0n) is 13.1. The highest BCUT2D eigenvalue weighted by molar-refractivity contribution is 6.33. The van der Waals surface area contributed by atoms with Gasteiger partial charge in [0.25, 0.3) is 5.91 Å². The number of carbonyl (C=O) groups excluding carboxylic acids is 1. The predicted molar refractivity (Wildman–Crippen MR) is 90.8 cm³/mol. The van der Waals surface area contributed by atoms with Gasteiger partial charge in [-0.05, 0) is 37.6 Å². The number of hydrogen-bond donors (Lipinski definition) is 1. The highest BCUT2D eigenvalue weighted by atomic mass is 35.5. The van der Waals surface area contributed by atoms with Crippen LogP contribution in [0, 0.1) is 19.7 Å². The Labute approximate surface area is 143 Å². The quantitative estimate of drug-likeness (QED) is 0.727. The minimum atomic E-state index is -0.512. The molecule has 0 saturated heterocycles. The van der Waals surface area contributed by atoms with Crippen molar-refractivity contribution in [2.75, 3.05) is 5.32 Å². The van der Waals surface area contributed by atoms with Gasteiger partial charge in [0.2, 0.25) is 0 Å². The van der Waals surface area contributed by atoms with Crippen molar-refractivity contribution in [3.05, 3.63) is 70.2 Å². The standard InChI is InChI=1S/C18H14ClFN2O2/c1-10-7-8-14(20)15(9-10)21-18(23)16-11(2)24-22-17(16)12-5-3-4-6-13(12)19/h3-9H,1-2H3,(H,21,23). The molecule has 0 aliphatic rings. The Morgan fingerprint density at radius 3 is 2.71 bits per heavy atom. The number of aryl methyl sites for hydroxylation is 2. The molecule has 3 rings (SSSR count). The van der Waals surface area contributed by atoms with Gasteiger partial charge in [-0.1, -0.05) is 41.0 Å². The van der Waals surface area contributed by atoms with Crippen LogP contribution in [0.25, 0.3) is 11.3 Å². The smallest absolute Gasteiger partial charge is 0.261 e. The van der Waals surface area contributed by atoms with Crippen LogP contribution < -0.4 is 5.32 Å². The number of carbonyl (C=O) groups is 1. The molecule has 2 aromatic carbocycles. The van der Waals surface area contributed by atoms with Crippen molar-refractivity contribution in [1.29, 1.82) is 0 Å². The highest BCUT2D eigenvalue weighted by Crippen LogP contribution is 2.31. The van der Waals surface area contributed by atoms with Crippen LogP contribution in [0.1, 0.15) is 21.7 Å². The molecule has 122 valence electrons. The summed E-state index contributed by atoms with van der Waals surface area (Å²) >= 11 is 6.18. The summed E-state index contributed by atoms with van der Waals surface area (Å²) < 4.78 is 19.0. The molecule has 6 heteroatoms. The van der Waals surface area contributed by atoms with Crippen LogP contribution in [0.3, 0.4) is 0 Å². The zero-order valence-corrected chi connectivity index (χ0v) is 13.8. The number of nitrogens with zero attached hydrogens (tertiary/aromatic N) is 1. The number of benzene rings is 2. The van der Waals surface area contributed by atoms with Gasteiger partial charge in [-0.3, -0.25) is 4.79 Å². The molecule has 24 heavy (non-hydrogen) atoms. The van der Waals surface area contributed by atoms with E-state index >= 15 is 0 Å². The lowest BCUT2D eigenvalue weighted by molar-refractivity contribution is 0.102. The molecule has 4 nitrogen and oxygen atoms in total. The lowest BCUT2D eigenvalue weighted by Gasteiger charge is -2.08.